The molecule has 3 heteroatoms. The third-order valence-corrected chi connectivity index (χ3v) is 2.20. The number of Topliss-reactive ketones (excluding diaryl/α,β-unsaturated/α-hetero) is 1. The van der Waals surface area contributed by atoms with Gasteiger partial charge < -0.3 is 5.11 Å². The maximum Gasteiger partial charge on any atom is 0.336 e. The number of hydrogen-bond acceptors (Lipinski definition) is 2. The zero-order valence-electron chi connectivity index (χ0n) is 9.07. The molecule has 0 aromatic heterocycles. The Balaban J connectivity index is 3.30. The lowest BCUT2D eigenvalue weighted by Gasteiger charge is -2.08. The van der Waals surface area contributed by atoms with Crippen molar-refractivity contribution in [3.05, 3.63) is 34.9 Å². The van der Waals surface area contributed by atoms with Gasteiger partial charge in [0.15, 0.2) is 5.78 Å². The van der Waals surface area contributed by atoms with Crippen LogP contribution in [0, 0.1) is 12.8 Å². The fourth-order valence-electron chi connectivity index (χ4n) is 1.36. The van der Waals surface area contributed by atoms with Crippen LogP contribution < -0.4 is 0 Å². The normalized spacial score (nSPS) is 10.4. The second-order valence-electron chi connectivity index (χ2n) is 3.87. The quantitative estimate of drug-likeness (QED) is 0.773. The molecule has 0 unspecified atom stereocenters. The first-order valence-corrected chi connectivity index (χ1v) is 4.81. The predicted octanol–water partition coefficient (Wildman–Crippen LogP) is 2.53. The van der Waals surface area contributed by atoms with Crippen LogP contribution in [0.4, 0.5) is 0 Å². The molecule has 0 saturated heterocycles. The molecule has 1 aromatic rings. The second kappa shape index (κ2) is 4.26. The van der Waals surface area contributed by atoms with Gasteiger partial charge in [-0.3, -0.25) is 4.79 Å². The largest absolute Gasteiger partial charge is 0.478 e. The summed E-state index contributed by atoms with van der Waals surface area (Å²) in [4.78, 5) is 22.7. The molecule has 1 rings (SSSR count). The van der Waals surface area contributed by atoms with Crippen molar-refractivity contribution >= 4 is 11.8 Å². The Hall–Kier alpha value is -1.64. The van der Waals surface area contributed by atoms with E-state index in [4.69, 9.17) is 5.11 Å². The number of hydrogen-bond donors (Lipinski definition) is 1. The molecule has 0 aliphatic heterocycles. The molecule has 1 aromatic carbocycles. The first-order chi connectivity index (χ1) is 6.93. The second-order valence-corrected chi connectivity index (χ2v) is 3.87. The summed E-state index contributed by atoms with van der Waals surface area (Å²) in [6.45, 7) is 5.36. The van der Waals surface area contributed by atoms with Crippen LogP contribution in [0.2, 0.25) is 0 Å². The van der Waals surface area contributed by atoms with E-state index < -0.39 is 5.97 Å². The predicted molar refractivity (Wildman–Crippen MR) is 57.3 cm³/mol. The smallest absolute Gasteiger partial charge is 0.336 e. The Kier molecular flexibility index (Phi) is 3.24. The Morgan fingerprint density at radius 3 is 2.27 bits per heavy atom. The van der Waals surface area contributed by atoms with Crippen molar-refractivity contribution in [2.24, 2.45) is 5.92 Å². The molecule has 0 spiro atoms. The number of carbonyl (C=O) groups is 2. The minimum atomic E-state index is -1.06. The summed E-state index contributed by atoms with van der Waals surface area (Å²) in [5.74, 6) is -1.37. The van der Waals surface area contributed by atoms with Crippen LogP contribution in [0.25, 0.3) is 0 Å². The number of rotatable bonds is 3. The van der Waals surface area contributed by atoms with E-state index in [1.54, 1.807) is 26.0 Å². The molecule has 0 heterocycles. The molecular weight excluding hydrogens is 192 g/mol. The molecule has 15 heavy (non-hydrogen) atoms. The van der Waals surface area contributed by atoms with Gasteiger partial charge in [0.25, 0.3) is 0 Å². The Labute approximate surface area is 88.7 Å². The van der Waals surface area contributed by atoms with E-state index in [-0.39, 0.29) is 17.3 Å². The van der Waals surface area contributed by atoms with Gasteiger partial charge in [-0.05, 0) is 19.1 Å². The Bertz CT molecular complexity index is 405. The van der Waals surface area contributed by atoms with E-state index in [9.17, 15) is 9.59 Å². The van der Waals surface area contributed by atoms with E-state index in [0.717, 1.165) is 5.56 Å². The summed E-state index contributed by atoms with van der Waals surface area (Å²) in [5, 5.41) is 8.93. The molecule has 3 nitrogen and oxygen atoms in total. The highest BCUT2D eigenvalue weighted by Gasteiger charge is 2.18. The number of carboxylic acids is 1. The minimum Gasteiger partial charge on any atom is -0.478 e. The monoisotopic (exact) mass is 206 g/mol. The zero-order chi connectivity index (χ0) is 11.6. The first-order valence-electron chi connectivity index (χ1n) is 4.81. The molecule has 0 fully saturated rings. The van der Waals surface area contributed by atoms with Crippen LogP contribution in [0.3, 0.4) is 0 Å². The van der Waals surface area contributed by atoms with Crippen LogP contribution >= 0.6 is 0 Å². The van der Waals surface area contributed by atoms with Gasteiger partial charge in [0, 0.05) is 11.5 Å². The van der Waals surface area contributed by atoms with Crippen LogP contribution in [-0.2, 0) is 0 Å². The molecule has 0 amide bonds. The van der Waals surface area contributed by atoms with Gasteiger partial charge in [0.2, 0.25) is 0 Å². The third-order valence-electron chi connectivity index (χ3n) is 2.20. The van der Waals surface area contributed by atoms with Gasteiger partial charge in [0.05, 0.1) is 5.56 Å². The first kappa shape index (κ1) is 11.4. The maximum atomic E-state index is 11.8. The van der Waals surface area contributed by atoms with Crippen molar-refractivity contribution in [1.29, 1.82) is 0 Å². The summed E-state index contributed by atoms with van der Waals surface area (Å²) >= 11 is 0. The Morgan fingerprint density at radius 2 is 1.80 bits per heavy atom. The lowest BCUT2D eigenvalue weighted by molar-refractivity contribution is 0.0691. The summed E-state index contributed by atoms with van der Waals surface area (Å²) in [6.07, 6.45) is 0. The van der Waals surface area contributed by atoms with E-state index in [1.165, 1.54) is 6.07 Å². The highest BCUT2D eigenvalue weighted by atomic mass is 16.4. The van der Waals surface area contributed by atoms with Gasteiger partial charge in [-0.25, -0.2) is 4.79 Å². The molecule has 80 valence electrons. The molecule has 0 saturated carbocycles. The van der Waals surface area contributed by atoms with E-state index in [2.05, 4.69) is 0 Å². The molecule has 0 radical (unpaired) electrons. The summed E-state index contributed by atoms with van der Waals surface area (Å²) in [6, 6.07) is 4.81. The molecule has 0 bridgehead atoms. The zero-order valence-corrected chi connectivity index (χ0v) is 9.07. The van der Waals surface area contributed by atoms with Crippen molar-refractivity contribution in [3.63, 3.8) is 0 Å². The minimum absolute atomic E-state index is 0.0827. The molecule has 0 atom stereocenters. The standard InChI is InChI=1S/C12H14O3/c1-7(2)11(13)10-6-8(3)4-5-9(10)12(14)15/h4-7H,1-3H3,(H,14,15). The van der Waals surface area contributed by atoms with Gasteiger partial charge >= 0.3 is 5.97 Å². The summed E-state index contributed by atoms with van der Waals surface area (Å²) in [7, 11) is 0. The SMILES string of the molecule is Cc1ccc(C(=O)O)c(C(=O)C(C)C)c1. The maximum absolute atomic E-state index is 11.8. The van der Waals surface area contributed by atoms with Crippen LogP contribution in [0.15, 0.2) is 18.2 Å². The molecule has 0 aliphatic rings. The van der Waals surface area contributed by atoms with Gasteiger partial charge in [-0.2, -0.15) is 0 Å². The van der Waals surface area contributed by atoms with Crippen LogP contribution in [0.1, 0.15) is 40.1 Å². The number of carbonyl (C=O) groups excluding carboxylic acids is 1. The van der Waals surface area contributed by atoms with Gasteiger partial charge in [-0.1, -0.05) is 25.5 Å². The van der Waals surface area contributed by atoms with Crippen molar-refractivity contribution in [1.82, 2.24) is 0 Å². The van der Waals surface area contributed by atoms with Crippen molar-refractivity contribution in [2.45, 2.75) is 20.8 Å². The molecular formula is C12H14O3. The van der Waals surface area contributed by atoms with Crippen molar-refractivity contribution in [2.75, 3.05) is 0 Å². The third kappa shape index (κ3) is 2.43. The number of ketones is 1. The fraction of sp³-hybridized carbons (Fsp3) is 0.333. The Morgan fingerprint density at radius 1 is 1.20 bits per heavy atom. The fourth-order valence-corrected chi connectivity index (χ4v) is 1.36. The van der Waals surface area contributed by atoms with Crippen LogP contribution in [-0.4, -0.2) is 16.9 Å². The molecule has 1 N–H and O–H groups in total. The average molecular weight is 206 g/mol. The van der Waals surface area contributed by atoms with E-state index in [0.29, 0.717) is 5.56 Å². The number of aryl methyl sites for hydroxylation is 1. The van der Waals surface area contributed by atoms with Crippen molar-refractivity contribution in [3.8, 4) is 0 Å². The number of carboxylic acid groups (broad SMARTS) is 1. The number of benzene rings is 1. The topological polar surface area (TPSA) is 54.4 Å². The molecule has 0 aliphatic carbocycles. The highest BCUT2D eigenvalue weighted by Crippen LogP contribution is 2.16. The van der Waals surface area contributed by atoms with Gasteiger partial charge in [-0.15, -0.1) is 0 Å². The van der Waals surface area contributed by atoms with E-state index in [1.807, 2.05) is 6.92 Å². The average Bonchev–Trinajstić information content (AvgIpc) is 2.15. The summed E-state index contributed by atoms with van der Waals surface area (Å²) < 4.78 is 0. The summed E-state index contributed by atoms with van der Waals surface area (Å²) in [5.41, 5.74) is 1.28. The lowest BCUT2D eigenvalue weighted by atomic mass is 9.95. The number of aromatic carboxylic acids is 1. The highest BCUT2D eigenvalue weighted by molar-refractivity contribution is 6.06. The van der Waals surface area contributed by atoms with Crippen LogP contribution in [0.5, 0.6) is 0 Å². The lowest BCUT2D eigenvalue weighted by Crippen LogP contribution is -2.13. The van der Waals surface area contributed by atoms with E-state index >= 15 is 0 Å². The van der Waals surface area contributed by atoms with Gasteiger partial charge in [0.1, 0.15) is 0 Å². The van der Waals surface area contributed by atoms with Crippen molar-refractivity contribution < 1.29 is 14.7 Å².